The second kappa shape index (κ2) is 5.40. The Labute approximate surface area is 118 Å². The topological polar surface area (TPSA) is 55.9 Å². The first-order valence-electron chi connectivity index (χ1n) is 6.11. The number of thiocarbonyl (C=S) groups is 1. The summed E-state index contributed by atoms with van der Waals surface area (Å²) in [5.41, 5.74) is 11.1. The third-order valence-corrected chi connectivity index (χ3v) is 3.47. The van der Waals surface area contributed by atoms with Crippen LogP contribution in [0.5, 0.6) is 0 Å². The van der Waals surface area contributed by atoms with Crippen LogP contribution in [0.3, 0.4) is 0 Å². The van der Waals surface area contributed by atoms with Crippen molar-refractivity contribution in [3.63, 3.8) is 0 Å². The summed E-state index contributed by atoms with van der Waals surface area (Å²) in [6.45, 7) is 4.80. The Morgan fingerprint density at radius 1 is 1.42 bits per heavy atom. The van der Waals surface area contributed by atoms with E-state index in [1.165, 1.54) is 5.56 Å². The fraction of sp³-hybridized carbons (Fsp3) is 0.286. The van der Waals surface area contributed by atoms with E-state index in [0.717, 1.165) is 22.5 Å². The SMILES string of the molecule is Cc1ccc(C(N)=S)c(NCc2cnn(C)c2C)c1. The molecule has 2 rings (SSSR count). The molecule has 1 heterocycles. The van der Waals surface area contributed by atoms with E-state index in [2.05, 4.69) is 23.4 Å². The lowest BCUT2D eigenvalue weighted by Gasteiger charge is -2.12. The summed E-state index contributed by atoms with van der Waals surface area (Å²) >= 11 is 5.07. The maximum atomic E-state index is 5.74. The van der Waals surface area contributed by atoms with E-state index in [1.807, 2.05) is 37.0 Å². The maximum absolute atomic E-state index is 5.74. The lowest BCUT2D eigenvalue weighted by atomic mass is 10.1. The van der Waals surface area contributed by atoms with Crippen molar-refractivity contribution in [1.29, 1.82) is 0 Å². The molecule has 2 aromatic rings. The highest BCUT2D eigenvalue weighted by molar-refractivity contribution is 7.80. The number of nitrogens with one attached hydrogen (secondary N) is 1. The van der Waals surface area contributed by atoms with Crippen molar-refractivity contribution < 1.29 is 0 Å². The standard InChI is InChI=1S/C14H18N4S/c1-9-4-5-12(14(15)19)13(6-9)16-7-11-8-17-18(3)10(11)2/h4-6,8,16H,7H2,1-3H3,(H2,15,19). The van der Waals surface area contributed by atoms with Crippen LogP contribution < -0.4 is 11.1 Å². The van der Waals surface area contributed by atoms with Gasteiger partial charge in [0.25, 0.3) is 0 Å². The number of anilines is 1. The Morgan fingerprint density at radius 2 is 2.16 bits per heavy atom. The Kier molecular flexibility index (Phi) is 3.85. The van der Waals surface area contributed by atoms with Crippen molar-refractivity contribution in [2.45, 2.75) is 20.4 Å². The Morgan fingerprint density at radius 3 is 2.74 bits per heavy atom. The lowest BCUT2D eigenvalue weighted by molar-refractivity contribution is 0.738. The monoisotopic (exact) mass is 274 g/mol. The number of rotatable bonds is 4. The third kappa shape index (κ3) is 2.93. The molecule has 0 aliphatic carbocycles. The molecular weight excluding hydrogens is 256 g/mol. The molecule has 19 heavy (non-hydrogen) atoms. The molecule has 0 unspecified atom stereocenters. The highest BCUT2D eigenvalue weighted by Gasteiger charge is 2.07. The van der Waals surface area contributed by atoms with E-state index >= 15 is 0 Å². The fourth-order valence-corrected chi connectivity index (χ4v) is 2.11. The summed E-state index contributed by atoms with van der Waals surface area (Å²) in [4.78, 5) is 0.408. The number of hydrogen-bond donors (Lipinski definition) is 2. The normalized spacial score (nSPS) is 10.5. The first-order chi connectivity index (χ1) is 8.99. The molecule has 0 bridgehead atoms. The van der Waals surface area contributed by atoms with E-state index < -0.39 is 0 Å². The quantitative estimate of drug-likeness (QED) is 0.840. The summed E-state index contributed by atoms with van der Waals surface area (Å²) in [5.74, 6) is 0. The van der Waals surface area contributed by atoms with Crippen LogP contribution in [-0.2, 0) is 13.6 Å². The van der Waals surface area contributed by atoms with Crippen LogP contribution in [0, 0.1) is 13.8 Å². The van der Waals surface area contributed by atoms with Crippen molar-refractivity contribution in [2.24, 2.45) is 12.8 Å². The van der Waals surface area contributed by atoms with Gasteiger partial charge in [0.2, 0.25) is 0 Å². The van der Waals surface area contributed by atoms with Crippen molar-refractivity contribution >= 4 is 22.9 Å². The highest BCUT2D eigenvalue weighted by Crippen LogP contribution is 2.19. The maximum Gasteiger partial charge on any atom is 0.106 e. The van der Waals surface area contributed by atoms with Crippen LogP contribution in [0.1, 0.15) is 22.4 Å². The molecule has 3 N–H and O–H groups in total. The zero-order chi connectivity index (χ0) is 14.0. The Balaban J connectivity index is 2.21. The molecule has 0 spiro atoms. The van der Waals surface area contributed by atoms with Crippen LogP contribution in [0.15, 0.2) is 24.4 Å². The van der Waals surface area contributed by atoms with Gasteiger partial charge in [0, 0.05) is 36.1 Å². The molecule has 0 amide bonds. The zero-order valence-electron chi connectivity index (χ0n) is 11.4. The minimum Gasteiger partial charge on any atom is -0.389 e. The number of hydrogen-bond acceptors (Lipinski definition) is 3. The van der Waals surface area contributed by atoms with E-state index in [-0.39, 0.29) is 0 Å². The van der Waals surface area contributed by atoms with Gasteiger partial charge in [-0.3, -0.25) is 4.68 Å². The largest absolute Gasteiger partial charge is 0.389 e. The van der Waals surface area contributed by atoms with Gasteiger partial charge in [0.1, 0.15) is 4.99 Å². The van der Waals surface area contributed by atoms with Crippen molar-refractivity contribution in [2.75, 3.05) is 5.32 Å². The zero-order valence-corrected chi connectivity index (χ0v) is 12.2. The molecule has 0 saturated carbocycles. The summed E-state index contributed by atoms with van der Waals surface area (Å²) in [7, 11) is 1.94. The first kappa shape index (κ1) is 13.5. The molecular formula is C14H18N4S. The third-order valence-electron chi connectivity index (χ3n) is 3.25. The number of benzene rings is 1. The Hall–Kier alpha value is -1.88. The van der Waals surface area contributed by atoms with Gasteiger partial charge in [-0.25, -0.2) is 0 Å². The predicted molar refractivity (Wildman–Crippen MR) is 82.3 cm³/mol. The van der Waals surface area contributed by atoms with Crippen molar-refractivity contribution in [3.8, 4) is 0 Å². The van der Waals surface area contributed by atoms with E-state index in [1.54, 1.807) is 0 Å². The smallest absolute Gasteiger partial charge is 0.106 e. The van der Waals surface area contributed by atoms with E-state index in [0.29, 0.717) is 11.5 Å². The number of nitrogens with two attached hydrogens (primary N) is 1. The van der Waals surface area contributed by atoms with Gasteiger partial charge in [-0.2, -0.15) is 5.10 Å². The molecule has 0 fully saturated rings. The predicted octanol–water partition coefficient (Wildman–Crippen LogP) is 2.28. The number of aryl methyl sites for hydroxylation is 2. The molecule has 0 aliphatic heterocycles. The summed E-state index contributed by atoms with van der Waals surface area (Å²) < 4.78 is 1.86. The van der Waals surface area contributed by atoms with Crippen LogP contribution in [0.25, 0.3) is 0 Å². The number of aromatic nitrogens is 2. The van der Waals surface area contributed by atoms with Crippen LogP contribution in [0.4, 0.5) is 5.69 Å². The molecule has 0 radical (unpaired) electrons. The summed E-state index contributed by atoms with van der Waals surface area (Å²) in [5, 5.41) is 7.61. The molecule has 0 aliphatic rings. The van der Waals surface area contributed by atoms with Gasteiger partial charge in [-0.05, 0) is 31.5 Å². The number of nitrogens with zero attached hydrogens (tertiary/aromatic N) is 2. The Bertz CT molecular complexity index is 616. The average Bonchev–Trinajstić information content (AvgIpc) is 2.67. The van der Waals surface area contributed by atoms with Crippen molar-refractivity contribution in [1.82, 2.24) is 9.78 Å². The summed E-state index contributed by atoms with van der Waals surface area (Å²) in [6, 6.07) is 6.02. The van der Waals surface area contributed by atoms with Gasteiger partial charge in [-0.1, -0.05) is 18.3 Å². The minimum absolute atomic E-state index is 0.408. The molecule has 0 atom stereocenters. The van der Waals surface area contributed by atoms with Gasteiger partial charge < -0.3 is 11.1 Å². The highest BCUT2D eigenvalue weighted by atomic mass is 32.1. The fourth-order valence-electron chi connectivity index (χ4n) is 1.93. The molecule has 1 aromatic heterocycles. The van der Waals surface area contributed by atoms with Crippen LogP contribution in [-0.4, -0.2) is 14.8 Å². The van der Waals surface area contributed by atoms with Gasteiger partial charge in [0.05, 0.1) is 6.20 Å². The molecule has 5 heteroatoms. The van der Waals surface area contributed by atoms with Crippen molar-refractivity contribution in [3.05, 3.63) is 46.8 Å². The molecule has 100 valence electrons. The molecule has 1 aromatic carbocycles. The molecule has 0 saturated heterocycles. The van der Waals surface area contributed by atoms with Crippen LogP contribution >= 0.6 is 12.2 Å². The first-order valence-corrected chi connectivity index (χ1v) is 6.51. The van der Waals surface area contributed by atoms with Gasteiger partial charge in [0.15, 0.2) is 0 Å². The van der Waals surface area contributed by atoms with Gasteiger partial charge in [-0.15, -0.1) is 0 Å². The second-order valence-corrected chi connectivity index (χ2v) is 5.09. The molecule has 4 nitrogen and oxygen atoms in total. The van der Waals surface area contributed by atoms with Crippen LogP contribution in [0.2, 0.25) is 0 Å². The van der Waals surface area contributed by atoms with E-state index in [4.69, 9.17) is 18.0 Å². The minimum atomic E-state index is 0.408. The lowest BCUT2D eigenvalue weighted by Crippen LogP contribution is -2.13. The average molecular weight is 274 g/mol. The summed E-state index contributed by atoms with van der Waals surface area (Å²) in [6.07, 6.45) is 1.87. The second-order valence-electron chi connectivity index (χ2n) is 4.65. The van der Waals surface area contributed by atoms with Gasteiger partial charge >= 0.3 is 0 Å². The van der Waals surface area contributed by atoms with E-state index in [9.17, 15) is 0 Å².